The van der Waals surface area contributed by atoms with Crippen LogP contribution in [0.5, 0.6) is 0 Å². The Morgan fingerprint density at radius 1 is 1.35 bits per heavy atom. The molecule has 114 valence electrons. The van der Waals surface area contributed by atoms with Crippen molar-refractivity contribution in [2.24, 2.45) is 0 Å². The van der Waals surface area contributed by atoms with E-state index in [9.17, 15) is 4.39 Å². The predicted octanol–water partition coefficient (Wildman–Crippen LogP) is 4.21. The molecule has 1 atom stereocenters. The number of nitrogens with one attached hydrogen (secondary N) is 1. The highest BCUT2D eigenvalue weighted by atomic mass is 35.5. The third kappa shape index (κ3) is 6.69. The van der Waals surface area contributed by atoms with Crippen LogP contribution in [0.25, 0.3) is 0 Å². The zero-order chi connectivity index (χ0) is 14.8. The van der Waals surface area contributed by atoms with Gasteiger partial charge < -0.3 is 10.1 Å². The second kappa shape index (κ2) is 10.1. The summed E-state index contributed by atoms with van der Waals surface area (Å²) in [5, 5.41) is 4.14. The van der Waals surface area contributed by atoms with E-state index in [1.165, 1.54) is 12.1 Å². The van der Waals surface area contributed by atoms with Gasteiger partial charge in [-0.25, -0.2) is 4.39 Å². The van der Waals surface area contributed by atoms with E-state index in [0.29, 0.717) is 11.1 Å². The summed E-state index contributed by atoms with van der Waals surface area (Å²) in [4.78, 5) is 0. The van der Waals surface area contributed by atoms with Gasteiger partial charge in [0, 0.05) is 24.3 Å². The molecule has 1 aromatic rings. The Kier molecular flexibility index (Phi) is 8.83. The Balaban J connectivity index is 2.55. The van der Waals surface area contributed by atoms with Gasteiger partial charge in [0.15, 0.2) is 0 Å². The molecule has 1 N–H and O–H groups in total. The van der Waals surface area contributed by atoms with Crippen LogP contribution in [0.1, 0.15) is 38.7 Å². The highest BCUT2D eigenvalue weighted by molar-refractivity contribution is 6.31. The van der Waals surface area contributed by atoms with Gasteiger partial charge in [-0.1, -0.05) is 18.5 Å². The molecule has 0 saturated heterocycles. The molecule has 0 aromatic heterocycles. The zero-order valence-electron chi connectivity index (χ0n) is 12.4. The third-order valence-corrected chi connectivity index (χ3v) is 3.57. The highest BCUT2D eigenvalue weighted by Crippen LogP contribution is 2.20. The summed E-state index contributed by atoms with van der Waals surface area (Å²) in [6, 6.07) is 4.87. The van der Waals surface area contributed by atoms with Gasteiger partial charge in [-0.05, 0) is 62.9 Å². The number of hydrogen-bond acceptors (Lipinski definition) is 2. The number of rotatable bonds is 10. The Morgan fingerprint density at radius 2 is 2.15 bits per heavy atom. The third-order valence-electron chi connectivity index (χ3n) is 3.20. The first-order valence-corrected chi connectivity index (χ1v) is 7.80. The van der Waals surface area contributed by atoms with Crippen LogP contribution in [0.15, 0.2) is 18.2 Å². The Morgan fingerprint density at radius 3 is 2.85 bits per heavy atom. The molecule has 0 spiro atoms. The first-order chi connectivity index (χ1) is 9.67. The van der Waals surface area contributed by atoms with Crippen LogP contribution < -0.4 is 5.32 Å². The van der Waals surface area contributed by atoms with Crippen LogP contribution in [0, 0.1) is 5.82 Å². The van der Waals surface area contributed by atoms with Crippen LogP contribution in [0.2, 0.25) is 5.02 Å². The Labute approximate surface area is 126 Å². The van der Waals surface area contributed by atoms with Gasteiger partial charge in [-0.15, -0.1) is 0 Å². The summed E-state index contributed by atoms with van der Waals surface area (Å²) >= 11 is 6.14. The van der Waals surface area contributed by atoms with Crippen LogP contribution in [-0.4, -0.2) is 25.8 Å². The van der Waals surface area contributed by atoms with Gasteiger partial charge in [0.05, 0.1) is 0 Å². The maximum atomic E-state index is 13.3. The molecule has 1 aromatic carbocycles. The number of benzene rings is 1. The molecule has 0 heterocycles. The summed E-state index contributed by atoms with van der Waals surface area (Å²) in [5.74, 6) is -0.229. The summed E-state index contributed by atoms with van der Waals surface area (Å²) in [7, 11) is 0. The normalized spacial score (nSPS) is 12.6. The molecule has 1 rings (SSSR count). The zero-order valence-corrected chi connectivity index (χ0v) is 13.2. The smallest absolute Gasteiger partial charge is 0.123 e. The van der Waals surface area contributed by atoms with Crippen molar-refractivity contribution in [1.29, 1.82) is 0 Å². The molecule has 0 bridgehead atoms. The van der Waals surface area contributed by atoms with Crippen molar-refractivity contribution in [3.8, 4) is 0 Å². The quantitative estimate of drug-likeness (QED) is 0.654. The summed E-state index contributed by atoms with van der Waals surface area (Å²) in [5.41, 5.74) is 0.872. The molecule has 4 heteroatoms. The molecule has 1 unspecified atom stereocenters. The van der Waals surface area contributed by atoms with E-state index in [4.69, 9.17) is 16.3 Å². The van der Waals surface area contributed by atoms with Crippen molar-refractivity contribution < 1.29 is 9.13 Å². The van der Waals surface area contributed by atoms with Gasteiger partial charge >= 0.3 is 0 Å². The highest BCUT2D eigenvalue weighted by Gasteiger charge is 2.11. The predicted molar refractivity (Wildman–Crippen MR) is 82.9 cm³/mol. The summed E-state index contributed by atoms with van der Waals surface area (Å²) in [6.45, 7) is 6.63. The molecule has 0 aliphatic rings. The van der Waals surface area contributed by atoms with Crippen molar-refractivity contribution >= 4 is 11.6 Å². The van der Waals surface area contributed by atoms with E-state index in [2.05, 4.69) is 12.2 Å². The minimum atomic E-state index is -0.229. The van der Waals surface area contributed by atoms with Crippen molar-refractivity contribution in [3.05, 3.63) is 34.6 Å². The van der Waals surface area contributed by atoms with Crippen LogP contribution in [0.3, 0.4) is 0 Å². The lowest BCUT2D eigenvalue weighted by molar-refractivity contribution is 0.140. The van der Waals surface area contributed by atoms with Crippen LogP contribution in [-0.2, 0) is 11.2 Å². The minimum Gasteiger partial charge on any atom is -0.382 e. The SMILES string of the molecule is CCCNC(CCCOCC)Cc1cc(F)ccc1Cl. The Hall–Kier alpha value is -0.640. The maximum absolute atomic E-state index is 13.3. The summed E-state index contributed by atoms with van der Waals surface area (Å²) < 4.78 is 18.7. The summed E-state index contributed by atoms with van der Waals surface area (Å²) in [6.07, 6.45) is 3.84. The van der Waals surface area contributed by atoms with Gasteiger partial charge in [0.1, 0.15) is 5.82 Å². The molecule has 0 amide bonds. The van der Waals surface area contributed by atoms with Gasteiger partial charge in [0.2, 0.25) is 0 Å². The topological polar surface area (TPSA) is 21.3 Å². The molecule has 0 saturated carbocycles. The molecule has 0 radical (unpaired) electrons. The molecule has 0 aliphatic carbocycles. The first-order valence-electron chi connectivity index (χ1n) is 7.42. The van der Waals surface area contributed by atoms with Gasteiger partial charge in [-0.2, -0.15) is 0 Å². The average molecular weight is 302 g/mol. The van der Waals surface area contributed by atoms with E-state index in [1.807, 2.05) is 6.92 Å². The molecular formula is C16H25ClFNO. The van der Waals surface area contributed by atoms with Crippen molar-refractivity contribution in [1.82, 2.24) is 5.32 Å². The first kappa shape index (κ1) is 17.4. The minimum absolute atomic E-state index is 0.229. The van der Waals surface area contributed by atoms with Crippen molar-refractivity contribution in [2.45, 2.75) is 45.6 Å². The molecular weight excluding hydrogens is 277 g/mol. The Bertz CT molecular complexity index is 387. The second-order valence-corrected chi connectivity index (χ2v) is 5.34. The van der Waals surface area contributed by atoms with E-state index in [1.54, 1.807) is 6.07 Å². The molecule has 0 fully saturated rings. The maximum Gasteiger partial charge on any atom is 0.123 e. The van der Waals surface area contributed by atoms with E-state index in [0.717, 1.165) is 51.0 Å². The number of ether oxygens (including phenoxy) is 1. The van der Waals surface area contributed by atoms with E-state index >= 15 is 0 Å². The number of hydrogen-bond donors (Lipinski definition) is 1. The fourth-order valence-electron chi connectivity index (χ4n) is 2.17. The monoisotopic (exact) mass is 301 g/mol. The van der Waals surface area contributed by atoms with E-state index < -0.39 is 0 Å². The largest absolute Gasteiger partial charge is 0.382 e. The lowest BCUT2D eigenvalue weighted by Crippen LogP contribution is -2.32. The van der Waals surface area contributed by atoms with E-state index in [-0.39, 0.29) is 5.82 Å². The average Bonchev–Trinajstić information content (AvgIpc) is 2.44. The van der Waals surface area contributed by atoms with Crippen molar-refractivity contribution in [3.63, 3.8) is 0 Å². The second-order valence-electron chi connectivity index (χ2n) is 4.93. The molecule has 20 heavy (non-hydrogen) atoms. The molecule has 2 nitrogen and oxygen atoms in total. The standard InChI is InChI=1S/C16H25ClFNO/c1-3-9-19-15(6-5-10-20-4-2)12-13-11-14(18)7-8-16(13)17/h7-8,11,15,19H,3-6,9-10,12H2,1-2H3. The van der Waals surface area contributed by atoms with Gasteiger partial charge in [0.25, 0.3) is 0 Å². The fraction of sp³-hybridized carbons (Fsp3) is 0.625. The van der Waals surface area contributed by atoms with Crippen LogP contribution in [0.4, 0.5) is 4.39 Å². The molecule has 0 aliphatic heterocycles. The fourth-order valence-corrected chi connectivity index (χ4v) is 2.36. The van der Waals surface area contributed by atoms with Crippen molar-refractivity contribution in [2.75, 3.05) is 19.8 Å². The lowest BCUT2D eigenvalue weighted by Gasteiger charge is -2.19. The van der Waals surface area contributed by atoms with Crippen LogP contribution >= 0.6 is 11.6 Å². The number of halogens is 2. The lowest BCUT2D eigenvalue weighted by atomic mass is 10.0. The van der Waals surface area contributed by atoms with Gasteiger partial charge in [-0.3, -0.25) is 0 Å².